The van der Waals surface area contributed by atoms with Gasteiger partial charge in [0, 0.05) is 6.54 Å². The second kappa shape index (κ2) is 9.23. The number of ether oxygens (including phenoxy) is 1. The molecule has 2 aromatic carbocycles. The average Bonchev–Trinajstić information content (AvgIpc) is 2.65. The molecule has 3 heteroatoms. The van der Waals surface area contributed by atoms with E-state index in [4.69, 9.17) is 4.74 Å². The fraction of sp³-hybridized carbons (Fsp3) is 0.348. The monoisotopic (exact) mass is 351 g/mol. The van der Waals surface area contributed by atoms with E-state index in [9.17, 15) is 4.79 Å². The van der Waals surface area contributed by atoms with E-state index in [1.165, 1.54) is 11.1 Å². The number of benzene rings is 2. The van der Waals surface area contributed by atoms with Crippen molar-refractivity contribution in [3.05, 3.63) is 71.3 Å². The molecule has 0 saturated heterocycles. The minimum atomic E-state index is -0.0935. The molecule has 3 nitrogen and oxygen atoms in total. The number of aryl methyl sites for hydroxylation is 2. The van der Waals surface area contributed by atoms with Gasteiger partial charge in [-0.05, 0) is 54.2 Å². The number of carbonyl (C=O) groups is 1. The Morgan fingerprint density at radius 3 is 2.69 bits per heavy atom. The zero-order chi connectivity index (χ0) is 19.1. The molecule has 2 rings (SSSR count). The molecule has 2 aromatic rings. The van der Waals surface area contributed by atoms with E-state index < -0.39 is 0 Å². The van der Waals surface area contributed by atoms with Gasteiger partial charge in [0.1, 0.15) is 5.75 Å². The molecule has 26 heavy (non-hydrogen) atoms. The SMILES string of the molecule is C=C(c1cccc(OCC(=O)NCC(C)CC)c1)c1cc(C)ccc1C. The van der Waals surface area contributed by atoms with Crippen molar-refractivity contribution in [2.24, 2.45) is 5.92 Å². The molecule has 0 bridgehead atoms. The lowest BCUT2D eigenvalue weighted by molar-refractivity contribution is -0.123. The summed E-state index contributed by atoms with van der Waals surface area (Å²) in [5, 5.41) is 2.90. The minimum absolute atomic E-state index is 0.0236. The van der Waals surface area contributed by atoms with E-state index in [1.807, 2.05) is 24.3 Å². The first-order valence-electron chi connectivity index (χ1n) is 9.17. The minimum Gasteiger partial charge on any atom is -0.484 e. The van der Waals surface area contributed by atoms with Crippen LogP contribution in [-0.2, 0) is 4.79 Å². The highest BCUT2D eigenvalue weighted by Gasteiger charge is 2.09. The molecular formula is C23H29NO2. The third kappa shape index (κ3) is 5.48. The van der Waals surface area contributed by atoms with Gasteiger partial charge in [-0.1, -0.05) is 62.7 Å². The van der Waals surface area contributed by atoms with Crippen LogP contribution in [0.25, 0.3) is 5.57 Å². The first kappa shape index (κ1) is 19.8. The lowest BCUT2D eigenvalue weighted by Gasteiger charge is -2.13. The van der Waals surface area contributed by atoms with Gasteiger partial charge >= 0.3 is 0 Å². The molecule has 138 valence electrons. The zero-order valence-corrected chi connectivity index (χ0v) is 16.3. The maximum absolute atomic E-state index is 11.9. The molecule has 0 fully saturated rings. The fourth-order valence-electron chi connectivity index (χ4n) is 2.62. The topological polar surface area (TPSA) is 38.3 Å². The van der Waals surface area contributed by atoms with Crippen molar-refractivity contribution in [1.29, 1.82) is 0 Å². The van der Waals surface area contributed by atoms with Gasteiger partial charge in [0.05, 0.1) is 0 Å². The maximum Gasteiger partial charge on any atom is 0.257 e. The van der Waals surface area contributed by atoms with Crippen LogP contribution in [0.1, 0.15) is 42.5 Å². The zero-order valence-electron chi connectivity index (χ0n) is 16.3. The Bertz CT molecular complexity index is 780. The molecule has 1 N–H and O–H groups in total. The van der Waals surface area contributed by atoms with Crippen LogP contribution >= 0.6 is 0 Å². The summed E-state index contributed by atoms with van der Waals surface area (Å²) in [5.41, 5.74) is 5.48. The Balaban J connectivity index is 2.02. The van der Waals surface area contributed by atoms with Crippen LogP contribution in [0, 0.1) is 19.8 Å². The van der Waals surface area contributed by atoms with E-state index >= 15 is 0 Å². The van der Waals surface area contributed by atoms with Crippen molar-refractivity contribution in [3.63, 3.8) is 0 Å². The Kier molecular flexibility index (Phi) is 7.02. The molecular weight excluding hydrogens is 322 g/mol. The molecule has 0 aliphatic rings. The van der Waals surface area contributed by atoms with Crippen molar-refractivity contribution in [2.75, 3.05) is 13.2 Å². The highest BCUT2D eigenvalue weighted by atomic mass is 16.5. The summed E-state index contributed by atoms with van der Waals surface area (Å²) in [4.78, 5) is 11.9. The Labute approximate surface area is 157 Å². The quantitative estimate of drug-likeness (QED) is 0.734. The van der Waals surface area contributed by atoms with Gasteiger partial charge < -0.3 is 10.1 Å². The summed E-state index contributed by atoms with van der Waals surface area (Å²) in [5.74, 6) is 1.06. The average molecular weight is 351 g/mol. The van der Waals surface area contributed by atoms with E-state index in [0.29, 0.717) is 18.2 Å². The second-order valence-electron chi connectivity index (χ2n) is 6.93. The van der Waals surface area contributed by atoms with E-state index in [2.05, 4.69) is 57.8 Å². The molecule has 0 aliphatic heterocycles. The number of carbonyl (C=O) groups excluding carboxylic acids is 1. The Morgan fingerprint density at radius 2 is 1.96 bits per heavy atom. The normalized spacial score (nSPS) is 11.7. The molecule has 0 saturated carbocycles. The van der Waals surface area contributed by atoms with Gasteiger partial charge in [-0.25, -0.2) is 0 Å². The molecule has 0 aromatic heterocycles. The smallest absolute Gasteiger partial charge is 0.257 e. The molecule has 0 radical (unpaired) electrons. The van der Waals surface area contributed by atoms with Gasteiger partial charge in [-0.3, -0.25) is 4.79 Å². The first-order chi connectivity index (χ1) is 12.4. The first-order valence-corrected chi connectivity index (χ1v) is 9.17. The van der Waals surface area contributed by atoms with Gasteiger partial charge in [0.25, 0.3) is 5.91 Å². The number of hydrogen-bond donors (Lipinski definition) is 1. The van der Waals surface area contributed by atoms with Crippen molar-refractivity contribution < 1.29 is 9.53 Å². The van der Waals surface area contributed by atoms with Gasteiger partial charge in [-0.2, -0.15) is 0 Å². The number of amides is 1. The largest absolute Gasteiger partial charge is 0.484 e. The van der Waals surface area contributed by atoms with E-state index in [0.717, 1.165) is 23.1 Å². The summed E-state index contributed by atoms with van der Waals surface area (Å²) < 4.78 is 5.66. The van der Waals surface area contributed by atoms with Crippen molar-refractivity contribution in [3.8, 4) is 5.75 Å². The standard InChI is InChI=1S/C23H29NO2/c1-6-16(2)14-24-23(25)15-26-21-9-7-8-20(13-21)19(5)22-12-17(3)10-11-18(22)4/h7-13,16H,5-6,14-15H2,1-4H3,(H,24,25). The number of rotatable bonds is 8. The summed E-state index contributed by atoms with van der Waals surface area (Å²) in [6, 6.07) is 14.1. The lowest BCUT2D eigenvalue weighted by atomic mass is 9.94. The second-order valence-corrected chi connectivity index (χ2v) is 6.93. The van der Waals surface area contributed by atoms with E-state index in [-0.39, 0.29) is 12.5 Å². The third-order valence-electron chi connectivity index (χ3n) is 4.62. The van der Waals surface area contributed by atoms with Gasteiger partial charge in [0.2, 0.25) is 0 Å². The molecule has 0 spiro atoms. The molecule has 1 amide bonds. The van der Waals surface area contributed by atoms with Crippen LogP contribution in [-0.4, -0.2) is 19.1 Å². The predicted octanol–water partition coefficient (Wildman–Crippen LogP) is 4.91. The highest BCUT2D eigenvalue weighted by molar-refractivity contribution is 5.80. The molecule has 1 unspecified atom stereocenters. The van der Waals surface area contributed by atoms with Crippen LogP contribution in [0.15, 0.2) is 49.0 Å². The lowest BCUT2D eigenvalue weighted by Crippen LogP contribution is -2.32. The van der Waals surface area contributed by atoms with Gasteiger partial charge in [-0.15, -0.1) is 0 Å². The maximum atomic E-state index is 11.9. The van der Waals surface area contributed by atoms with Crippen LogP contribution in [0.5, 0.6) is 5.75 Å². The summed E-state index contributed by atoms with van der Waals surface area (Å²) >= 11 is 0. The highest BCUT2D eigenvalue weighted by Crippen LogP contribution is 2.27. The third-order valence-corrected chi connectivity index (χ3v) is 4.62. The predicted molar refractivity (Wildman–Crippen MR) is 108 cm³/mol. The molecule has 0 heterocycles. The summed E-state index contributed by atoms with van der Waals surface area (Å²) in [6.07, 6.45) is 1.05. The van der Waals surface area contributed by atoms with Crippen molar-refractivity contribution in [1.82, 2.24) is 5.32 Å². The Morgan fingerprint density at radius 1 is 1.19 bits per heavy atom. The van der Waals surface area contributed by atoms with Crippen molar-refractivity contribution in [2.45, 2.75) is 34.1 Å². The fourth-order valence-corrected chi connectivity index (χ4v) is 2.62. The van der Waals surface area contributed by atoms with Crippen molar-refractivity contribution >= 4 is 11.5 Å². The van der Waals surface area contributed by atoms with Crippen LogP contribution in [0.4, 0.5) is 0 Å². The van der Waals surface area contributed by atoms with Crippen LogP contribution in [0.2, 0.25) is 0 Å². The summed E-state index contributed by atoms with van der Waals surface area (Å²) in [6.45, 7) is 13.4. The Hall–Kier alpha value is -2.55. The number of nitrogens with one attached hydrogen (secondary N) is 1. The van der Waals surface area contributed by atoms with Gasteiger partial charge in [0.15, 0.2) is 6.61 Å². The number of hydrogen-bond acceptors (Lipinski definition) is 2. The summed E-state index contributed by atoms with van der Waals surface area (Å²) in [7, 11) is 0. The molecule has 0 aliphatic carbocycles. The van der Waals surface area contributed by atoms with Crippen LogP contribution < -0.4 is 10.1 Å². The van der Waals surface area contributed by atoms with E-state index in [1.54, 1.807) is 0 Å². The molecule has 1 atom stereocenters. The van der Waals surface area contributed by atoms with Crippen LogP contribution in [0.3, 0.4) is 0 Å².